The van der Waals surface area contributed by atoms with Gasteiger partial charge in [0.2, 0.25) is 5.91 Å². The highest BCUT2D eigenvalue weighted by atomic mass is 16.2. The summed E-state index contributed by atoms with van der Waals surface area (Å²) in [7, 11) is 1.89. The van der Waals surface area contributed by atoms with Gasteiger partial charge in [-0.1, -0.05) is 26.7 Å². The molecule has 1 amide bonds. The number of amides is 1. The van der Waals surface area contributed by atoms with Gasteiger partial charge in [0.25, 0.3) is 0 Å². The van der Waals surface area contributed by atoms with Crippen LogP contribution in [-0.2, 0) is 4.79 Å². The molecule has 29 heavy (non-hydrogen) atoms. The fourth-order valence-corrected chi connectivity index (χ4v) is 4.94. The molecule has 0 radical (unpaired) electrons. The average molecular weight is 407 g/mol. The molecule has 0 aromatic rings. The molecule has 3 rings (SSSR count). The Morgan fingerprint density at radius 1 is 0.931 bits per heavy atom. The molecule has 166 valence electrons. The zero-order valence-electron chi connectivity index (χ0n) is 18.9. The summed E-state index contributed by atoms with van der Waals surface area (Å²) < 4.78 is 0. The molecule has 7 heteroatoms. The molecular weight excluding hydrogens is 364 g/mol. The van der Waals surface area contributed by atoms with Crippen LogP contribution in [0, 0.1) is 11.8 Å². The SMILES string of the molecule is CN=C(NCCN1CCN(C(=O)C2CCCC2)CC1)N1CCN(CC(C)C)CC1. The molecule has 3 aliphatic rings. The van der Waals surface area contributed by atoms with Gasteiger partial charge in [0.1, 0.15) is 0 Å². The van der Waals surface area contributed by atoms with Crippen molar-refractivity contribution in [1.29, 1.82) is 0 Å². The van der Waals surface area contributed by atoms with Crippen LogP contribution < -0.4 is 5.32 Å². The van der Waals surface area contributed by atoms with Crippen LogP contribution in [0.3, 0.4) is 0 Å². The van der Waals surface area contributed by atoms with Gasteiger partial charge in [0.05, 0.1) is 0 Å². The van der Waals surface area contributed by atoms with Crippen molar-refractivity contribution in [3.63, 3.8) is 0 Å². The zero-order chi connectivity index (χ0) is 20.6. The predicted molar refractivity (Wildman–Crippen MR) is 119 cm³/mol. The van der Waals surface area contributed by atoms with E-state index in [-0.39, 0.29) is 0 Å². The van der Waals surface area contributed by atoms with E-state index in [0.29, 0.717) is 11.8 Å². The Hall–Kier alpha value is -1.34. The number of carbonyl (C=O) groups is 1. The Morgan fingerprint density at radius 3 is 2.10 bits per heavy atom. The summed E-state index contributed by atoms with van der Waals surface area (Å²) in [5.74, 6) is 2.49. The van der Waals surface area contributed by atoms with Crippen molar-refractivity contribution in [2.45, 2.75) is 39.5 Å². The van der Waals surface area contributed by atoms with E-state index in [1.807, 2.05) is 7.05 Å². The number of guanidine groups is 1. The van der Waals surface area contributed by atoms with Crippen molar-refractivity contribution in [3.8, 4) is 0 Å². The maximum atomic E-state index is 12.6. The molecule has 0 aromatic heterocycles. The fraction of sp³-hybridized carbons (Fsp3) is 0.909. The van der Waals surface area contributed by atoms with Gasteiger partial charge in [-0.15, -0.1) is 0 Å². The van der Waals surface area contributed by atoms with Crippen LogP contribution in [0.4, 0.5) is 0 Å². The lowest BCUT2D eigenvalue weighted by molar-refractivity contribution is -0.137. The third kappa shape index (κ3) is 6.57. The summed E-state index contributed by atoms with van der Waals surface area (Å²) in [5.41, 5.74) is 0. The molecule has 0 bridgehead atoms. The Balaban J connectivity index is 1.32. The van der Waals surface area contributed by atoms with Crippen molar-refractivity contribution >= 4 is 11.9 Å². The highest BCUT2D eigenvalue weighted by Gasteiger charge is 2.29. The van der Waals surface area contributed by atoms with E-state index < -0.39 is 0 Å². The summed E-state index contributed by atoms with van der Waals surface area (Å²) in [5, 5.41) is 3.56. The third-order valence-corrected chi connectivity index (χ3v) is 6.61. The smallest absolute Gasteiger partial charge is 0.225 e. The first-order valence-electron chi connectivity index (χ1n) is 11.8. The Kier molecular flexibility index (Phi) is 8.60. The van der Waals surface area contributed by atoms with E-state index in [0.717, 1.165) is 90.2 Å². The molecule has 1 saturated carbocycles. The maximum absolute atomic E-state index is 12.6. The fourth-order valence-electron chi connectivity index (χ4n) is 4.94. The molecule has 0 aromatic carbocycles. The summed E-state index contributed by atoms with van der Waals surface area (Å²) in [6.07, 6.45) is 4.67. The average Bonchev–Trinajstić information content (AvgIpc) is 3.26. The van der Waals surface area contributed by atoms with Crippen LogP contribution >= 0.6 is 0 Å². The third-order valence-electron chi connectivity index (χ3n) is 6.61. The number of piperazine rings is 2. The summed E-state index contributed by atoms with van der Waals surface area (Å²) >= 11 is 0. The van der Waals surface area contributed by atoms with E-state index in [1.165, 1.54) is 19.4 Å². The Labute approximate surface area is 177 Å². The molecule has 3 fully saturated rings. The minimum atomic E-state index is 0.313. The van der Waals surface area contributed by atoms with Gasteiger partial charge >= 0.3 is 0 Å². The second-order valence-corrected chi connectivity index (χ2v) is 9.30. The van der Waals surface area contributed by atoms with Crippen molar-refractivity contribution in [2.24, 2.45) is 16.8 Å². The summed E-state index contributed by atoms with van der Waals surface area (Å²) in [4.78, 5) is 26.6. The lowest BCUT2D eigenvalue weighted by Gasteiger charge is -2.38. The molecular formula is C22H42N6O. The number of carbonyl (C=O) groups excluding carboxylic acids is 1. The Morgan fingerprint density at radius 2 is 1.52 bits per heavy atom. The van der Waals surface area contributed by atoms with Crippen molar-refractivity contribution in [1.82, 2.24) is 24.9 Å². The molecule has 2 aliphatic heterocycles. The highest BCUT2D eigenvalue weighted by Crippen LogP contribution is 2.26. The molecule has 0 unspecified atom stereocenters. The van der Waals surface area contributed by atoms with Crippen LogP contribution in [0.25, 0.3) is 0 Å². The first-order chi connectivity index (χ1) is 14.1. The van der Waals surface area contributed by atoms with E-state index in [2.05, 4.69) is 43.8 Å². The van der Waals surface area contributed by atoms with Gasteiger partial charge in [-0.3, -0.25) is 19.6 Å². The van der Waals surface area contributed by atoms with E-state index in [1.54, 1.807) is 0 Å². The summed E-state index contributed by atoms with van der Waals surface area (Å²) in [6, 6.07) is 0. The molecule has 0 spiro atoms. The van der Waals surface area contributed by atoms with Crippen molar-refractivity contribution in [3.05, 3.63) is 0 Å². The molecule has 0 atom stereocenters. The van der Waals surface area contributed by atoms with E-state index in [9.17, 15) is 4.79 Å². The van der Waals surface area contributed by atoms with Crippen molar-refractivity contribution < 1.29 is 4.79 Å². The maximum Gasteiger partial charge on any atom is 0.225 e. The number of rotatable bonds is 6. The molecule has 1 aliphatic carbocycles. The number of hydrogen-bond donors (Lipinski definition) is 1. The second-order valence-electron chi connectivity index (χ2n) is 9.30. The van der Waals surface area contributed by atoms with E-state index >= 15 is 0 Å². The lowest BCUT2D eigenvalue weighted by Crippen LogP contribution is -2.54. The van der Waals surface area contributed by atoms with Crippen LogP contribution in [0.2, 0.25) is 0 Å². The van der Waals surface area contributed by atoms with Crippen LogP contribution in [0.15, 0.2) is 4.99 Å². The molecule has 2 heterocycles. The highest BCUT2D eigenvalue weighted by molar-refractivity contribution is 5.80. The van der Waals surface area contributed by atoms with Gasteiger partial charge in [-0.25, -0.2) is 0 Å². The van der Waals surface area contributed by atoms with Crippen LogP contribution in [0.5, 0.6) is 0 Å². The van der Waals surface area contributed by atoms with Gasteiger partial charge in [-0.2, -0.15) is 0 Å². The molecule has 1 N–H and O–H groups in total. The number of nitrogens with zero attached hydrogens (tertiary/aromatic N) is 5. The van der Waals surface area contributed by atoms with Crippen LogP contribution in [0.1, 0.15) is 39.5 Å². The first kappa shape index (κ1) is 22.3. The van der Waals surface area contributed by atoms with Crippen molar-refractivity contribution in [2.75, 3.05) is 79.0 Å². The predicted octanol–water partition coefficient (Wildman–Crippen LogP) is 1.17. The van der Waals surface area contributed by atoms with Gasteiger partial charge in [0.15, 0.2) is 5.96 Å². The minimum Gasteiger partial charge on any atom is -0.355 e. The topological polar surface area (TPSA) is 54.4 Å². The molecule has 2 saturated heterocycles. The van der Waals surface area contributed by atoms with E-state index in [4.69, 9.17) is 0 Å². The largest absolute Gasteiger partial charge is 0.355 e. The lowest BCUT2D eigenvalue weighted by atomic mass is 10.1. The standard InChI is InChI=1S/C22H42N6O/c1-19(2)18-26-12-16-28(17-13-26)22(23-3)24-8-9-25-10-14-27(15-11-25)21(29)20-6-4-5-7-20/h19-20H,4-18H2,1-3H3,(H,23,24). The second kappa shape index (κ2) is 11.2. The number of hydrogen-bond acceptors (Lipinski definition) is 4. The van der Waals surface area contributed by atoms with Gasteiger partial charge in [-0.05, 0) is 18.8 Å². The zero-order valence-corrected chi connectivity index (χ0v) is 18.9. The van der Waals surface area contributed by atoms with Gasteiger partial charge < -0.3 is 15.1 Å². The number of aliphatic imine (C=N–C) groups is 1. The quantitative estimate of drug-likeness (QED) is 0.530. The molecule has 7 nitrogen and oxygen atoms in total. The number of nitrogens with one attached hydrogen (secondary N) is 1. The minimum absolute atomic E-state index is 0.313. The first-order valence-corrected chi connectivity index (χ1v) is 11.8. The normalized spacial score (nSPS) is 23.2. The Bertz CT molecular complexity index is 529. The monoisotopic (exact) mass is 406 g/mol. The summed E-state index contributed by atoms with van der Waals surface area (Å²) in [6.45, 7) is 15.8. The van der Waals surface area contributed by atoms with Crippen LogP contribution in [-0.4, -0.2) is 111 Å². The van der Waals surface area contributed by atoms with Gasteiger partial charge in [0, 0.05) is 85.0 Å².